The lowest BCUT2D eigenvalue weighted by Crippen LogP contribution is -2.01. The second-order valence-corrected chi connectivity index (χ2v) is 5.06. The highest BCUT2D eigenvalue weighted by Crippen LogP contribution is 2.22. The highest BCUT2D eigenvalue weighted by atomic mass is 79.9. The normalized spacial score (nSPS) is 10.8. The van der Waals surface area contributed by atoms with Crippen molar-refractivity contribution >= 4 is 26.8 Å². The summed E-state index contributed by atoms with van der Waals surface area (Å²) in [6, 6.07) is 7.99. The number of halogens is 1. The molecule has 0 bridgehead atoms. The number of methoxy groups -OCH3 is 1. The first-order valence-electron chi connectivity index (χ1n) is 5.86. The smallest absolute Gasteiger partial charge is 0.118 e. The predicted molar refractivity (Wildman–Crippen MR) is 77.3 cm³/mol. The van der Waals surface area contributed by atoms with Gasteiger partial charge in [-0.1, -0.05) is 12.1 Å². The molecule has 0 unspecified atom stereocenters. The third-order valence-corrected chi connectivity index (χ3v) is 3.65. The molecule has 0 radical (unpaired) electrons. The van der Waals surface area contributed by atoms with Crippen LogP contribution in [0, 0.1) is 0 Å². The third kappa shape index (κ3) is 2.33. The number of rotatable bonds is 3. The lowest BCUT2D eigenvalue weighted by molar-refractivity contribution is 0.414. The fraction of sp³-hybridized carbons (Fsp3) is 0.143. The van der Waals surface area contributed by atoms with Crippen molar-refractivity contribution in [3.8, 4) is 5.75 Å². The van der Waals surface area contributed by atoms with Crippen LogP contribution < -0.4 is 4.74 Å². The first-order chi connectivity index (χ1) is 9.28. The molecule has 96 valence electrons. The van der Waals surface area contributed by atoms with Crippen LogP contribution in [0.4, 0.5) is 0 Å². The summed E-state index contributed by atoms with van der Waals surface area (Å²) in [4.78, 5) is 4.19. The number of nitrogens with zero attached hydrogens (tertiary/aromatic N) is 3. The molecule has 2 aromatic heterocycles. The van der Waals surface area contributed by atoms with Crippen LogP contribution in [0.25, 0.3) is 10.9 Å². The fourth-order valence-corrected chi connectivity index (χ4v) is 2.41. The van der Waals surface area contributed by atoms with E-state index in [0.29, 0.717) is 6.54 Å². The number of pyridine rings is 1. The van der Waals surface area contributed by atoms with Gasteiger partial charge in [0.05, 0.1) is 31.6 Å². The van der Waals surface area contributed by atoms with Crippen LogP contribution in [-0.2, 0) is 6.54 Å². The van der Waals surface area contributed by atoms with Crippen LogP contribution in [0.2, 0.25) is 0 Å². The molecule has 0 amide bonds. The maximum atomic E-state index is 5.15. The Morgan fingerprint density at radius 2 is 1.95 bits per heavy atom. The second-order valence-electron chi connectivity index (χ2n) is 4.20. The van der Waals surface area contributed by atoms with Gasteiger partial charge in [0, 0.05) is 16.1 Å². The summed E-state index contributed by atoms with van der Waals surface area (Å²) in [7, 11) is 1.67. The van der Waals surface area contributed by atoms with E-state index in [2.05, 4.69) is 26.0 Å². The summed E-state index contributed by atoms with van der Waals surface area (Å²) in [5.41, 5.74) is 2.19. The molecule has 3 aromatic rings. The number of benzene rings is 1. The SMILES string of the molecule is COc1ccc(Cn2ncc3c(Br)cncc32)cc1. The predicted octanol–water partition coefficient (Wildman–Crippen LogP) is 3.25. The van der Waals surface area contributed by atoms with E-state index >= 15 is 0 Å². The van der Waals surface area contributed by atoms with E-state index in [1.165, 1.54) is 5.56 Å². The van der Waals surface area contributed by atoms with E-state index < -0.39 is 0 Å². The Morgan fingerprint density at radius 1 is 1.16 bits per heavy atom. The van der Waals surface area contributed by atoms with Crippen molar-refractivity contribution in [2.75, 3.05) is 7.11 Å². The first-order valence-corrected chi connectivity index (χ1v) is 6.65. The molecule has 0 aliphatic rings. The molecule has 0 saturated heterocycles. The Kier molecular flexibility index (Phi) is 3.21. The summed E-state index contributed by atoms with van der Waals surface area (Å²) in [6.45, 7) is 0.714. The first kappa shape index (κ1) is 12.2. The number of hydrogen-bond acceptors (Lipinski definition) is 3. The Labute approximate surface area is 119 Å². The van der Waals surface area contributed by atoms with Crippen LogP contribution in [0.3, 0.4) is 0 Å². The Balaban J connectivity index is 1.94. The highest BCUT2D eigenvalue weighted by molar-refractivity contribution is 9.10. The molecule has 0 N–H and O–H groups in total. The maximum Gasteiger partial charge on any atom is 0.118 e. The van der Waals surface area contributed by atoms with E-state index in [-0.39, 0.29) is 0 Å². The van der Waals surface area contributed by atoms with Gasteiger partial charge < -0.3 is 4.74 Å². The molecule has 0 fully saturated rings. The summed E-state index contributed by atoms with van der Waals surface area (Å²) in [6.07, 6.45) is 5.46. The van der Waals surface area contributed by atoms with Gasteiger partial charge in [-0.15, -0.1) is 0 Å². The molecule has 0 atom stereocenters. The van der Waals surface area contributed by atoms with Gasteiger partial charge in [-0.2, -0.15) is 5.10 Å². The third-order valence-electron chi connectivity index (χ3n) is 3.01. The molecule has 4 nitrogen and oxygen atoms in total. The lowest BCUT2D eigenvalue weighted by atomic mass is 10.2. The van der Waals surface area contributed by atoms with Crippen molar-refractivity contribution in [3.63, 3.8) is 0 Å². The standard InChI is InChI=1S/C14H12BrN3O/c1-19-11-4-2-10(3-5-11)9-18-14-8-16-7-13(15)12(14)6-17-18/h2-8H,9H2,1H3. The molecule has 19 heavy (non-hydrogen) atoms. The zero-order valence-electron chi connectivity index (χ0n) is 10.4. The second kappa shape index (κ2) is 5.01. The minimum absolute atomic E-state index is 0.714. The number of hydrogen-bond donors (Lipinski definition) is 0. The molecule has 0 spiro atoms. The number of aromatic nitrogens is 3. The summed E-state index contributed by atoms with van der Waals surface area (Å²) in [5, 5.41) is 5.48. The Morgan fingerprint density at radius 3 is 2.68 bits per heavy atom. The summed E-state index contributed by atoms with van der Waals surface area (Å²) >= 11 is 3.48. The molecular weight excluding hydrogens is 306 g/mol. The van der Waals surface area contributed by atoms with Gasteiger partial charge in [-0.05, 0) is 33.6 Å². The van der Waals surface area contributed by atoms with Crippen molar-refractivity contribution < 1.29 is 4.74 Å². The molecule has 1 aromatic carbocycles. The summed E-state index contributed by atoms with van der Waals surface area (Å²) in [5.74, 6) is 0.860. The lowest BCUT2D eigenvalue weighted by Gasteiger charge is -2.05. The van der Waals surface area contributed by atoms with Crippen molar-refractivity contribution in [2.45, 2.75) is 6.54 Å². The average molecular weight is 318 g/mol. The average Bonchev–Trinajstić information content (AvgIpc) is 2.84. The van der Waals surface area contributed by atoms with Gasteiger partial charge >= 0.3 is 0 Å². The molecular formula is C14H12BrN3O. The fourth-order valence-electron chi connectivity index (χ4n) is 1.99. The quantitative estimate of drug-likeness (QED) is 0.744. The van der Waals surface area contributed by atoms with Crippen molar-refractivity contribution in [2.24, 2.45) is 0 Å². The van der Waals surface area contributed by atoms with Gasteiger partial charge in [0.2, 0.25) is 0 Å². The van der Waals surface area contributed by atoms with Gasteiger partial charge in [-0.25, -0.2) is 0 Å². The van der Waals surface area contributed by atoms with Crippen molar-refractivity contribution in [1.82, 2.24) is 14.8 Å². The van der Waals surface area contributed by atoms with E-state index in [4.69, 9.17) is 4.74 Å². The van der Waals surface area contributed by atoms with Crippen molar-refractivity contribution in [3.05, 3.63) is 52.9 Å². The molecule has 0 saturated carbocycles. The van der Waals surface area contributed by atoms with Crippen LogP contribution in [0.1, 0.15) is 5.56 Å². The minimum atomic E-state index is 0.714. The van der Waals surface area contributed by atoms with E-state index in [0.717, 1.165) is 21.1 Å². The van der Waals surface area contributed by atoms with Crippen LogP contribution in [-0.4, -0.2) is 21.9 Å². The highest BCUT2D eigenvalue weighted by Gasteiger charge is 2.06. The van der Waals surface area contributed by atoms with Crippen LogP contribution in [0.15, 0.2) is 47.3 Å². The topological polar surface area (TPSA) is 39.9 Å². The monoisotopic (exact) mass is 317 g/mol. The van der Waals surface area contributed by atoms with Gasteiger partial charge in [0.25, 0.3) is 0 Å². The van der Waals surface area contributed by atoms with Crippen LogP contribution >= 0.6 is 15.9 Å². The van der Waals surface area contributed by atoms with E-state index in [1.807, 2.05) is 41.3 Å². The van der Waals surface area contributed by atoms with Gasteiger partial charge in [0.1, 0.15) is 5.75 Å². The molecule has 0 aliphatic heterocycles. The van der Waals surface area contributed by atoms with Gasteiger partial charge in [0.15, 0.2) is 0 Å². The van der Waals surface area contributed by atoms with E-state index in [9.17, 15) is 0 Å². The largest absolute Gasteiger partial charge is 0.497 e. The van der Waals surface area contributed by atoms with Crippen LogP contribution in [0.5, 0.6) is 5.75 Å². The van der Waals surface area contributed by atoms with E-state index in [1.54, 1.807) is 13.3 Å². The molecule has 3 rings (SSSR count). The minimum Gasteiger partial charge on any atom is -0.497 e. The number of fused-ring (bicyclic) bond motifs is 1. The molecule has 5 heteroatoms. The van der Waals surface area contributed by atoms with Crippen molar-refractivity contribution in [1.29, 1.82) is 0 Å². The number of ether oxygens (including phenoxy) is 1. The summed E-state index contributed by atoms with van der Waals surface area (Å²) < 4.78 is 8.05. The molecule has 0 aliphatic carbocycles. The zero-order valence-corrected chi connectivity index (χ0v) is 12.0. The Hall–Kier alpha value is -1.88. The Bertz CT molecular complexity index is 706. The zero-order chi connectivity index (χ0) is 13.2. The van der Waals surface area contributed by atoms with Gasteiger partial charge in [-0.3, -0.25) is 9.67 Å². The molecule has 2 heterocycles. The maximum absolute atomic E-state index is 5.15.